The molecule has 0 aromatic heterocycles. The third kappa shape index (κ3) is 2.71. The van der Waals surface area contributed by atoms with Gasteiger partial charge in [0.1, 0.15) is 0 Å². The lowest BCUT2D eigenvalue weighted by atomic mass is 9.72. The molecule has 1 fully saturated rings. The van der Waals surface area contributed by atoms with Crippen molar-refractivity contribution in [1.82, 2.24) is 5.32 Å². The van der Waals surface area contributed by atoms with Crippen LogP contribution in [0.4, 0.5) is 0 Å². The molecule has 3 atom stereocenters. The van der Waals surface area contributed by atoms with Crippen LogP contribution in [-0.2, 0) is 4.74 Å². The van der Waals surface area contributed by atoms with Gasteiger partial charge in [0.15, 0.2) is 0 Å². The van der Waals surface area contributed by atoms with E-state index >= 15 is 0 Å². The van der Waals surface area contributed by atoms with E-state index in [4.69, 9.17) is 4.74 Å². The van der Waals surface area contributed by atoms with Crippen LogP contribution in [-0.4, -0.2) is 26.3 Å². The van der Waals surface area contributed by atoms with Crippen molar-refractivity contribution >= 4 is 0 Å². The summed E-state index contributed by atoms with van der Waals surface area (Å²) in [6, 6.07) is 0.599. The highest BCUT2D eigenvalue weighted by Gasteiger charge is 2.35. The molecule has 1 N–H and O–H groups in total. The van der Waals surface area contributed by atoms with Gasteiger partial charge in [-0.1, -0.05) is 27.7 Å². The van der Waals surface area contributed by atoms with Crippen LogP contribution >= 0.6 is 0 Å². The van der Waals surface area contributed by atoms with Gasteiger partial charge in [-0.2, -0.15) is 0 Å². The van der Waals surface area contributed by atoms with Gasteiger partial charge in [0.2, 0.25) is 0 Å². The van der Waals surface area contributed by atoms with Crippen molar-refractivity contribution in [3.05, 3.63) is 0 Å². The summed E-state index contributed by atoms with van der Waals surface area (Å²) in [6.07, 6.45) is 1.20. The Bertz CT molecular complexity index is 174. The van der Waals surface area contributed by atoms with Crippen molar-refractivity contribution in [1.29, 1.82) is 0 Å². The first-order valence-electron chi connectivity index (χ1n) is 5.72. The normalized spacial score (nSPS) is 31.5. The zero-order chi connectivity index (χ0) is 10.8. The molecule has 0 bridgehead atoms. The average Bonchev–Trinajstić information content (AvgIpc) is 2.07. The number of nitrogens with one attached hydrogen (secondary N) is 1. The molecule has 84 valence electrons. The van der Waals surface area contributed by atoms with Crippen molar-refractivity contribution in [3.8, 4) is 0 Å². The Morgan fingerprint density at radius 3 is 2.43 bits per heavy atom. The van der Waals surface area contributed by atoms with Gasteiger partial charge in [-0.15, -0.1) is 0 Å². The Morgan fingerprint density at radius 2 is 2.00 bits per heavy atom. The van der Waals surface area contributed by atoms with E-state index in [1.54, 1.807) is 0 Å². The minimum absolute atomic E-state index is 0.338. The van der Waals surface area contributed by atoms with Gasteiger partial charge in [-0.3, -0.25) is 0 Å². The zero-order valence-electron chi connectivity index (χ0n) is 10.3. The van der Waals surface area contributed by atoms with E-state index in [1.807, 2.05) is 0 Å². The van der Waals surface area contributed by atoms with E-state index in [0.29, 0.717) is 17.4 Å². The monoisotopic (exact) mass is 199 g/mol. The Kier molecular flexibility index (Phi) is 3.96. The molecule has 1 saturated heterocycles. The SMILES string of the molecule is CNC(C1CCOCC1C)C(C)(C)C. The molecule has 14 heavy (non-hydrogen) atoms. The maximum Gasteiger partial charge on any atom is 0.0494 e. The van der Waals surface area contributed by atoms with Crippen molar-refractivity contribution < 1.29 is 4.74 Å². The smallest absolute Gasteiger partial charge is 0.0494 e. The summed E-state index contributed by atoms with van der Waals surface area (Å²) < 4.78 is 5.49. The lowest BCUT2D eigenvalue weighted by Gasteiger charge is -2.42. The molecule has 0 aromatic rings. The second-order valence-corrected chi connectivity index (χ2v) is 5.64. The van der Waals surface area contributed by atoms with Crippen LogP contribution in [0.1, 0.15) is 34.1 Å². The molecule has 0 amide bonds. The van der Waals surface area contributed by atoms with E-state index in [-0.39, 0.29) is 0 Å². The molecule has 1 aliphatic rings. The predicted octanol–water partition coefficient (Wildman–Crippen LogP) is 2.29. The van der Waals surface area contributed by atoms with Crippen LogP contribution in [0.2, 0.25) is 0 Å². The first kappa shape index (κ1) is 12.0. The fourth-order valence-corrected chi connectivity index (χ4v) is 2.68. The van der Waals surface area contributed by atoms with Gasteiger partial charge < -0.3 is 10.1 Å². The summed E-state index contributed by atoms with van der Waals surface area (Å²) >= 11 is 0. The molecule has 0 aromatic carbocycles. The number of hydrogen-bond acceptors (Lipinski definition) is 2. The van der Waals surface area contributed by atoms with E-state index in [9.17, 15) is 0 Å². The number of rotatable bonds is 2. The lowest BCUT2D eigenvalue weighted by molar-refractivity contribution is -0.00486. The average molecular weight is 199 g/mol. The minimum Gasteiger partial charge on any atom is -0.381 e. The maximum absolute atomic E-state index is 5.49. The molecule has 1 heterocycles. The van der Waals surface area contributed by atoms with Crippen molar-refractivity contribution in [2.45, 2.75) is 40.2 Å². The van der Waals surface area contributed by atoms with Gasteiger partial charge in [0, 0.05) is 19.3 Å². The highest BCUT2D eigenvalue weighted by molar-refractivity contribution is 4.89. The van der Waals surface area contributed by atoms with Crippen LogP contribution < -0.4 is 5.32 Å². The second kappa shape index (κ2) is 4.63. The first-order valence-corrected chi connectivity index (χ1v) is 5.72. The Labute approximate surface area is 88.4 Å². The molecule has 2 nitrogen and oxygen atoms in total. The Morgan fingerprint density at radius 1 is 1.36 bits per heavy atom. The number of hydrogen-bond donors (Lipinski definition) is 1. The van der Waals surface area contributed by atoms with Gasteiger partial charge >= 0.3 is 0 Å². The zero-order valence-corrected chi connectivity index (χ0v) is 10.3. The minimum atomic E-state index is 0.338. The summed E-state index contributed by atoms with van der Waals surface area (Å²) in [5.41, 5.74) is 0.338. The summed E-state index contributed by atoms with van der Waals surface area (Å²) in [4.78, 5) is 0. The number of ether oxygens (including phenoxy) is 1. The lowest BCUT2D eigenvalue weighted by Crippen LogP contribution is -2.48. The van der Waals surface area contributed by atoms with Gasteiger partial charge in [-0.25, -0.2) is 0 Å². The fraction of sp³-hybridized carbons (Fsp3) is 1.00. The summed E-state index contributed by atoms with van der Waals surface area (Å²) in [5, 5.41) is 3.49. The van der Waals surface area contributed by atoms with Gasteiger partial charge in [0.25, 0.3) is 0 Å². The molecule has 0 spiro atoms. The molecule has 0 saturated carbocycles. The highest BCUT2D eigenvalue weighted by atomic mass is 16.5. The van der Waals surface area contributed by atoms with Crippen LogP contribution in [0.25, 0.3) is 0 Å². The van der Waals surface area contributed by atoms with Crippen molar-refractivity contribution in [2.75, 3.05) is 20.3 Å². The second-order valence-electron chi connectivity index (χ2n) is 5.64. The first-order chi connectivity index (χ1) is 6.46. The third-order valence-corrected chi connectivity index (χ3v) is 3.38. The summed E-state index contributed by atoms with van der Waals surface area (Å²) in [7, 11) is 2.08. The molecular formula is C12H25NO. The van der Waals surface area contributed by atoms with E-state index < -0.39 is 0 Å². The quantitative estimate of drug-likeness (QED) is 0.737. The predicted molar refractivity (Wildman–Crippen MR) is 60.4 cm³/mol. The fourth-order valence-electron chi connectivity index (χ4n) is 2.68. The largest absolute Gasteiger partial charge is 0.381 e. The molecule has 0 radical (unpaired) electrons. The molecule has 1 aliphatic heterocycles. The Hall–Kier alpha value is -0.0800. The molecule has 3 unspecified atom stereocenters. The summed E-state index contributed by atoms with van der Waals surface area (Å²) in [6.45, 7) is 11.1. The van der Waals surface area contributed by atoms with E-state index in [0.717, 1.165) is 19.1 Å². The van der Waals surface area contributed by atoms with Gasteiger partial charge in [0.05, 0.1) is 0 Å². The summed E-state index contributed by atoms with van der Waals surface area (Å²) in [5.74, 6) is 1.44. The van der Waals surface area contributed by atoms with Crippen molar-refractivity contribution in [3.63, 3.8) is 0 Å². The van der Waals surface area contributed by atoms with Crippen LogP contribution in [0.5, 0.6) is 0 Å². The van der Waals surface area contributed by atoms with Gasteiger partial charge in [-0.05, 0) is 30.7 Å². The topological polar surface area (TPSA) is 21.3 Å². The molecule has 2 heteroatoms. The highest BCUT2D eigenvalue weighted by Crippen LogP contribution is 2.33. The van der Waals surface area contributed by atoms with E-state index in [2.05, 4.69) is 40.1 Å². The van der Waals surface area contributed by atoms with Crippen LogP contribution in [0, 0.1) is 17.3 Å². The van der Waals surface area contributed by atoms with Crippen LogP contribution in [0.3, 0.4) is 0 Å². The molecule has 1 rings (SSSR count). The standard InChI is InChI=1S/C12H25NO/c1-9-8-14-7-6-10(9)11(13-5)12(2,3)4/h9-11,13H,6-8H2,1-5H3. The van der Waals surface area contributed by atoms with Crippen molar-refractivity contribution in [2.24, 2.45) is 17.3 Å². The van der Waals surface area contributed by atoms with E-state index in [1.165, 1.54) is 6.42 Å². The maximum atomic E-state index is 5.49. The molecular weight excluding hydrogens is 174 g/mol. The Balaban J connectivity index is 2.67. The third-order valence-electron chi connectivity index (χ3n) is 3.38. The van der Waals surface area contributed by atoms with Crippen LogP contribution in [0.15, 0.2) is 0 Å². The molecule has 0 aliphatic carbocycles.